The molecule has 0 bridgehead atoms. The topological polar surface area (TPSA) is 99.2 Å². The number of fused-ring (bicyclic) bond motifs is 1. The van der Waals surface area contributed by atoms with Gasteiger partial charge < -0.3 is 25.0 Å². The molecule has 0 radical (unpaired) electrons. The van der Waals surface area contributed by atoms with Crippen LogP contribution in [0.25, 0.3) is 0 Å². The maximum Gasteiger partial charge on any atom is 0.310 e. The summed E-state index contributed by atoms with van der Waals surface area (Å²) in [5, 5.41) is 12.1. The third kappa shape index (κ3) is 6.53. The Morgan fingerprint density at radius 3 is 2.32 bits per heavy atom. The van der Waals surface area contributed by atoms with Crippen molar-refractivity contribution < 1.29 is 24.2 Å². The van der Waals surface area contributed by atoms with Gasteiger partial charge in [0.2, 0.25) is 11.8 Å². The number of nitrogens with zero attached hydrogens (tertiary/aromatic N) is 2. The lowest BCUT2D eigenvalue weighted by atomic mass is 9.70. The van der Waals surface area contributed by atoms with Crippen LogP contribution in [0.1, 0.15) is 53.4 Å². The van der Waals surface area contributed by atoms with E-state index in [9.17, 15) is 14.4 Å². The summed E-state index contributed by atoms with van der Waals surface area (Å²) < 4.78 is 5.34. The largest absolute Gasteiger partial charge is 0.466 e. The average Bonchev–Trinajstić information content (AvgIpc) is 3.17. The number of amides is 2. The molecule has 204 valence electrons. The smallest absolute Gasteiger partial charge is 0.310 e. The Bertz CT molecular complexity index is 943. The van der Waals surface area contributed by atoms with Crippen molar-refractivity contribution in [2.24, 2.45) is 23.7 Å². The van der Waals surface area contributed by atoms with E-state index >= 15 is 0 Å². The molecule has 0 unspecified atom stereocenters. The number of aliphatic hydroxyl groups excluding tert-OH is 1. The molecule has 2 aliphatic rings. The number of esters is 1. The second-order valence-corrected chi connectivity index (χ2v) is 9.95. The molecule has 1 saturated heterocycles. The molecule has 2 N–H and O–H groups in total. The summed E-state index contributed by atoms with van der Waals surface area (Å²) in [5.41, 5.74) is 1.76. The summed E-state index contributed by atoms with van der Waals surface area (Å²) in [6.07, 6.45) is 7.06. The van der Waals surface area contributed by atoms with E-state index in [-0.39, 0.29) is 36.9 Å². The number of ether oxygens (including phenoxy) is 1. The number of unbranched alkanes of at least 4 members (excludes halogenated alkanes) is 3. The fourth-order valence-electron chi connectivity index (χ4n) is 5.74. The van der Waals surface area contributed by atoms with Crippen molar-refractivity contribution in [2.75, 3.05) is 43.1 Å². The Labute approximate surface area is 221 Å². The summed E-state index contributed by atoms with van der Waals surface area (Å²) in [6.45, 7) is 10.5. The molecule has 8 heteroatoms. The van der Waals surface area contributed by atoms with Crippen LogP contribution in [-0.2, 0) is 19.1 Å². The van der Waals surface area contributed by atoms with Crippen LogP contribution in [0.4, 0.5) is 11.4 Å². The maximum atomic E-state index is 13.7. The highest BCUT2D eigenvalue weighted by atomic mass is 16.5. The lowest BCUT2D eigenvalue weighted by Crippen LogP contribution is -2.44. The quantitative estimate of drug-likeness (QED) is 0.236. The zero-order valence-electron chi connectivity index (χ0n) is 22.7. The lowest BCUT2D eigenvalue weighted by molar-refractivity contribution is -0.155. The molecule has 1 aliphatic heterocycles. The first-order valence-corrected chi connectivity index (χ1v) is 13.8. The first kappa shape index (κ1) is 28.7. The van der Waals surface area contributed by atoms with Gasteiger partial charge in [0.1, 0.15) is 6.04 Å². The van der Waals surface area contributed by atoms with E-state index in [1.54, 1.807) is 11.8 Å². The molecule has 2 amide bonds. The Morgan fingerprint density at radius 1 is 1.03 bits per heavy atom. The maximum absolute atomic E-state index is 13.7. The van der Waals surface area contributed by atoms with Crippen molar-refractivity contribution in [3.63, 3.8) is 0 Å². The van der Waals surface area contributed by atoms with Crippen molar-refractivity contribution in [3.8, 4) is 0 Å². The molecule has 1 fully saturated rings. The van der Waals surface area contributed by atoms with Gasteiger partial charge in [-0.25, -0.2) is 0 Å². The summed E-state index contributed by atoms with van der Waals surface area (Å²) in [4.78, 5) is 44.2. The van der Waals surface area contributed by atoms with Gasteiger partial charge in [-0.05, 0) is 63.8 Å². The number of likely N-dealkylation sites (tertiary alicyclic amines) is 1. The monoisotopic (exact) mass is 513 g/mol. The Hall–Kier alpha value is -2.87. The van der Waals surface area contributed by atoms with E-state index in [0.717, 1.165) is 44.5 Å². The molecule has 1 aliphatic carbocycles. The van der Waals surface area contributed by atoms with Gasteiger partial charge in [0.05, 0.1) is 18.4 Å². The number of anilines is 2. The van der Waals surface area contributed by atoms with Gasteiger partial charge in [0, 0.05) is 43.5 Å². The number of hydrogen-bond donors (Lipinski definition) is 2. The van der Waals surface area contributed by atoms with Crippen LogP contribution in [0, 0.1) is 23.7 Å². The minimum Gasteiger partial charge on any atom is -0.466 e. The van der Waals surface area contributed by atoms with E-state index < -0.39 is 23.8 Å². The average molecular weight is 514 g/mol. The molecular weight excluding hydrogens is 470 g/mol. The molecule has 1 aromatic carbocycles. The second-order valence-electron chi connectivity index (χ2n) is 9.95. The molecule has 1 heterocycles. The number of carbonyl (C=O) groups excluding carboxylic acids is 3. The Balaban J connectivity index is 1.84. The number of aliphatic hydroxyl groups is 1. The van der Waals surface area contributed by atoms with Crippen LogP contribution in [-0.4, -0.2) is 66.7 Å². The first-order chi connectivity index (χ1) is 17.9. The van der Waals surface area contributed by atoms with E-state index in [2.05, 4.69) is 24.1 Å². The van der Waals surface area contributed by atoms with Crippen LogP contribution >= 0.6 is 0 Å². The highest BCUT2D eigenvalue weighted by molar-refractivity contribution is 6.01. The minimum absolute atomic E-state index is 0.148. The van der Waals surface area contributed by atoms with Crippen LogP contribution < -0.4 is 10.2 Å². The van der Waals surface area contributed by atoms with Crippen molar-refractivity contribution >= 4 is 29.2 Å². The number of nitrogens with one attached hydrogen (secondary N) is 1. The second kappa shape index (κ2) is 13.6. The Morgan fingerprint density at radius 2 is 1.70 bits per heavy atom. The minimum atomic E-state index is -0.696. The molecule has 0 spiro atoms. The summed E-state index contributed by atoms with van der Waals surface area (Å²) >= 11 is 0. The van der Waals surface area contributed by atoms with Crippen molar-refractivity contribution in [2.45, 2.75) is 59.4 Å². The van der Waals surface area contributed by atoms with Gasteiger partial charge in [0.25, 0.3) is 0 Å². The summed E-state index contributed by atoms with van der Waals surface area (Å²) in [7, 11) is 0. The molecule has 5 atom stereocenters. The lowest BCUT2D eigenvalue weighted by Gasteiger charge is -2.32. The van der Waals surface area contributed by atoms with Crippen LogP contribution in [0.5, 0.6) is 0 Å². The van der Waals surface area contributed by atoms with E-state index in [0.29, 0.717) is 12.2 Å². The van der Waals surface area contributed by atoms with Gasteiger partial charge in [-0.1, -0.05) is 31.9 Å². The Kier molecular flexibility index (Phi) is 10.6. The third-order valence-electron chi connectivity index (χ3n) is 7.67. The number of rotatable bonds is 13. The van der Waals surface area contributed by atoms with E-state index in [1.165, 1.54) is 0 Å². The highest BCUT2D eigenvalue weighted by Crippen LogP contribution is 2.44. The van der Waals surface area contributed by atoms with Gasteiger partial charge in [0.15, 0.2) is 0 Å². The number of hydrogen-bond acceptors (Lipinski definition) is 6. The standard InChI is InChI=1S/C29H43N3O5/c1-5-31(6-2)22-15-13-21(14-16-22)30-27(34)26-23-17-12-20(4)24(29(36)37-7-3)25(23)28(35)32(26)18-10-8-9-11-19-33/h12-17,20,23-26,33H,5-11,18-19H2,1-4H3,(H,30,34)/t20-,23+,24-,25-,26+/m1/s1. The predicted octanol–water partition coefficient (Wildman–Crippen LogP) is 3.85. The molecule has 1 aromatic rings. The SMILES string of the molecule is CCOC(=O)[C@H]1[C@@H]2C(=O)N(CCCCCCO)[C@H](C(=O)Nc3ccc(N(CC)CC)cc3)[C@H]2C=C[C@H]1C. The van der Waals surface area contributed by atoms with Crippen LogP contribution in [0.3, 0.4) is 0 Å². The number of allylic oxidation sites excluding steroid dienone is 1. The van der Waals surface area contributed by atoms with Gasteiger partial charge in [-0.2, -0.15) is 0 Å². The molecule has 3 rings (SSSR count). The number of carbonyl (C=O) groups is 3. The van der Waals surface area contributed by atoms with Crippen molar-refractivity contribution in [3.05, 3.63) is 36.4 Å². The predicted molar refractivity (Wildman–Crippen MR) is 145 cm³/mol. The highest BCUT2D eigenvalue weighted by Gasteiger charge is 2.56. The molecule has 0 saturated carbocycles. The summed E-state index contributed by atoms with van der Waals surface area (Å²) in [5.74, 6) is -2.54. The zero-order valence-corrected chi connectivity index (χ0v) is 22.7. The van der Waals surface area contributed by atoms with Gasteiger partial charge >= 0.3 is 5.97 Å². The fraction of sp³-hybridized carbons (Fsp3) is 0.621. The van der Waals surface area contributed by atoms with Crippen LogP contribution in [0.2, 0.25) is 0 Å². The van der Waals surface area contributed by atoms with E-state index in [4.69, 9.17) is 9.84 Å². The molecular formula is C29H43N3O5. The molecule has 0 aromatic heterocycles. The summed E-state index contributed by atoms with van der Waals surface area (Å²) in [6, 6.07) is 7.06. The third-order valence-corrected chi connectivity index (χ3v) is 7.67. The van der Waals surface area contributed by atoms with E-state index in [1.807, 2.05) is 43.3 Å². The zero-order chi connectivity index (χ0) is 26.9. The number of benzene rings is 1. The van der Waals surface area contributed by atoms with Gasteiger partial charge in [-0.15, -0.1) is 0 Å². The molecule has 8 nitrogen and oxygen atoms in total. The first-order valence-electron chi connectivity index (χ1n) is 13.8. The normalized spacial score (nSPS) is 24.6. The fourth-order valence-corrected chi connectivity index (χ4v) is 5.74. The van der Waals surface area contributed by atoms with Gasteiger partial charge in [-0.3, -0.25) is 14.4 Å². The van der Waals surface area contributed by atoms with Crippen molar-refractivity contribution in [1.29, 1.82) is 0 Å². The van der Waals surface area contributed by atoms with Crippen molar-refractivity contribution in [1.82, 2.24) is 4.90 Å². The van der Waals surface area contributed by atoms with Crippen LogP contribution in [0.15, 0.2) is 36.4 Å². The molecule has 37 heavy (non-hydrogen) atoms.